The Balaban J connectivity index is 1.44. The molecule has 0 saturated carbocycles. The molecule has 1 aromatic heterocycles. The number of imidazole rings is 1. The monoisotopic (exact) mass is 470 g/mol. The van der Waals surface area contributed by atoms with Crippen LogP contribution in [0, 0.1) is 11.6 Å². The summed E-state index contributed by atoms with van der Waals surface area (Å²) >= 11 is 0. The average molecular weight is 471 g/mol. The average Bonchev–Trinajstić information content (AvgIpc) is 3.17. The molecule has 0 saturated heterocycles. The number of aryl methyl sites for hydroxylation is 1. The van der Waals surface area contributed by atoms with E-state index in [9.17, 15) is 22.0 Å². The van der Waals surface area contributed by atoms with Gasteiger partial charge in [0.15, 0.2) is 11.6 Å². The number of carbonyl (C=O) groups is 1. The highest BCUT2D eigenvalue weighted by Crippen LogP contribution is 2.19. The Morgan fingerprint density at radius 1 is 1.00 bits per heavy atom. The molecule has 0 spiro atoms. The molecule has 0 radical (unpaired) electrons. The lowest BCUT2D eigenvalue weighted by Gasteiger charge is -2.10. The van der Waals surface area contributed by atoms with Crippen LogP contribution in [0.15, 0.2) is 71.6 Å². The lowest BCUT2D eigenvalue weighted by atomic mass is 10.2. The first-order chi connectivity index (χ1) is 15.8. The van der Waals surface area contributed by atoms with E-state index in [2.05, 4.69) is 15.0 Å². The fourth-order valence-electron chi connectivity index (χ4n) is 3.42. The van der Waals surface area contributed by atoms with Gasteiger partial charge in [0, 0.05) is 17.8 Å². The van der Waals surface area contributed by atoms with Crippen LogP contribution >= 0.6 is 0 Å². The fraction of sp³-hybridized carbons (Fsp3) is 0.130. The molecule has 4 rings (SSSR count). The van der Waals surface area contributed by atoms with E-state index in [1.165, 1.54) is 24.3 Å². The van der Waals surface area contributed by atoms with Crippen molar-refractivity contribution in [1.29, 1.82) is 0 Å². The van der Waals surface area contributed by atoms with Gasteiger partial charge < -0.3 is 9.88 Å². The predicted octanol–water partition coefficient (Wildman–Crippen LogP) is 4.07. The van der Waals surface area contributed by atoms with Gasteiger partial charge in [0.2, 0.25) is 0 Å². The van der Waals surface area contributed by atoms with Crippen molar-refractivity contribution in [3.8, 4) is 0 Å². The Kier molecular flexibility index (Phi) is 6.10. The summed E-state index contributed by atoms with van der Waals surface area (Å²) < 4.78 is 55.5. The van der Waals surface area contributed by atoms with Gasteiger partial charge in [0.1, 0.15) is 5.82 Å². The minimum absolute atomic E-state index is 0.170. The van der Waals surface area contributed by atoms with Crippen molar-refractivity contribution in [3.05, 3.63) is 89.8 Å². The van der Waals surface area contributed by atoms with Crippen LogP contribution < -0.4 is 10.0 Å². The number of sulfonamides is 1. The molecule has 33 heavy (non-hydrogen) atoms. The summed E-state index contributed by atoms with van der Waals surface area (Å²) in [5.74, 6) is -2.03. The van der Waals surface area contributed by atoms with E-state index >= 15 is 0 Å². The van der Waals surface area contributed by atoms with E-state index in [-0.39, 0.29) is 18.1 Å². The number of carbonyl (C=O) groups excluding carboxylic acids is 1. The zero-order valence-electron chi connectivity index (χ0n) is 17.5. The number of halogens is 2. The third-order valence-corrected chi connectivity index (χ3v) is 6.44. The molecule has 3 aromatic carbocycles. The summed E-state index contributed by atoms with van der Waals surface area (Å²) in [5.41, 5.74) is 2.33. The molecule has 10 heteroatoms. The van der Waals surface area contributed by atoms with Gasteiger partial charge in [-0.1, -0.05) is 12.1 Å². The Labute approximate surface area is 189 Å². The van der Waals surface area contributed by atoms with Crippen LogP contribution in [0.3, 0.4) is 0 Å². The predicted molar refractivity (Wildman–Crippen MR) is 120 cm³/mol. The largest absolute Gasteiger partial charge is 0.345 e. The van der Waals surface area contributed by atoms with Gasteiger partial charge in [0.05, 0.1) is 22.5 Å². The van der Waals surface area contributed by atoms with Crippen molar-refractivity contribution in [2.24, 2.45) is 0 Å². The highest BCUT2D eigenvalue weighted by molar-refractivity contribution is 7.92. The highest BCUT2D eigenvalue weighted by Gasteiger charge is 2.17. The summed E-state index contributed by atoms with van der Waals surface area (Å²) in [6.45, 7) is 2.93. The van der Waals surface area contributed by atoms with Gasteiger partial charge in [0.25, 0.3) is 15.9 Å². The number of nitrogens with one attached hydrogen (secondary N) is 2. The third-order valence-electron chi connectivity index (χ3n) is 5.06. The molecule has 0 aliphatic heterocycles. The smallest absolute Gasteiger partial charge is 0.261 e. The van der Waals surface area contributed by atoms with Crippen molar-refractivity contribution < 1.29 is 22.0 Å². The highest BCUT2D eigenvalue weighted by atomic mass is 32.2. The summed E-state index contributed by atoms with van der Waals surface area (Å²) in [6.07, 6.45) is 0. The first-order valence-corrected chi connectivity index (χ1v) is 11.6. The van der Waals surface area contributed by atoms with Crippen molar-refractivity contribution in [3.63, 3.8) is 0 Å². The van der Waals surface area contributed by atoms with Crippen LogP contribution in [0.25, 0.3) is 11.0 Å². The maximum atomic E-state index is 13.4. The molecule has 0 atom stereocenters. The molecule has 1 amide bonds. The molecule has 0 fully saturated rings. The third kappa shape index (κ3) is 4.70. The Morgan fingerprint density at radius 3 is 2.42 bits per heavy atom. The standard InChI is InChI=1S/C23H20F2N4O3S/c1-2-29-21-6-4-3-5-20(21)27-22(29)14-26-23(30)15-7-9-16(10-8-15)28-33(31,32)17-11-12-18(24)19(25)13-17/h3-13,28H,2,14H2,1H3,(H,26,30). The Bertz CT molecular complexity index is 1430. The van der Waals surface area contributed by atoms with Crippen molar-refractivity contribution in [1.82, 2.24) is 14.9 Å². The Hall–Kier alpha value is -3.79. The van der Waals surface area contributed by atoms with Gasteiger partial charge in [-0.2, -0.15) is 0 Å². The lowest BCUT2D eigenvalue weighted by molar-refractivity contribution is 0.0949. The van der Waals surface area contributed by atoms with Gasteiger partial charge in [-0.05, 0) is 61.5 Å². The number of rotatable bonds is 7. The van der Waals surface area contributed by atoms with E-state index in [4.69, 9.17) is 0 Å². The van der Waals surface area contributed by atoms with Gasteiger partial charge in [-0.15, -0.1) is 0 Å². The molecule has 0 aliphatic carbocycles. The van der Waals surface area contributed by atoms with Crippen LogP contribution in [0.2, 0.25) is 0 Å². The second kappa shape index (κ2) is 8.99. The van der Waals surface area contributed by atoms with E-state index in [0.717, 1.165) is 29.0 Å². The topological polar surface area (TPSA) is 93.1 Å². The summed E-state index contributed by atoms with van der Waals surface area (Å²) in [7, 11) is -4.12. The lowest BCUT2D eigenvalue weighted by Crippen LogP contribution is -2.24. The van der Waals surface area contributed by atoms with Crippen LogP contribution in [0.1, 0.15) is 23.1 Å². The van der Waals surface area contributed by atoms with Gasteiger partial charge in [-0.3, -0.25) is 9.52 Å². The second-order valence-electron chi connectivity index (χ2n) is 7.20. The zero-order chi connectivity index (χ0) is 23.6. The molecular formula is C23H20F2N4O3S. The quantitative estimate of drug-likeness (QED) is 0.426. The molecule has 7 nitrogen and oxygen atoms in total. The molecule has 2 N–H and O–H groups in total. The molecule has 0 unspecified atom stereocenters. The van der Waals surface area contributed by atoms with Gasteiger partial charge in [-0.25, -0.2) is 22.2 Å². The maximum Gasteiger partial charge on any atom is 0.261 e. The number of hydrogen-bond donors (Lipinski definition) is 2. The molecule has 170 valence electrons. The van der Waals surface area contributed by atoms with E-state index in [0.29, 0.717) is 18.2 Å². The number of benzene rings is 3. The van der Waals surface area contributed by atoms with Crippen molar-refractivity contribution >= 4 is 32.7 Å². The fourth-order valence-corrected chi connectivity index (χ4v) is 4.49. The Morgan fingerprint density at radius 2 is 1.73 bits per heavy atom. The molecule has 4 aromatic rings. The van der Waals surface area contributed by atoms with Crippen molar-refractivity contribution in [2.75, 3.05) is 4.72 Å². The van der Waals surface area contributed by atoms with Crippen LogP contribution in [-0.4, -0.2) is 23.9 Å². The zero-order valence-corrected chi connectivity index (χ0v) is 18.4. The summed E-state index contributed by atoms with van der Waals surface area (Å²) in [5, 5.41) is 2.82. The van der Waals surface area contributed by atoms with Crippen LogP contribution in [-0.2, 0) is 23.1 Å². The second-order valence-corrected chi connectivity index (χ2v) is 8.88. The van der Waals surface area contributed by atoms with E-state index in [1.54, 1.807) is 0 Å². The molecule has 1 heterocycles. The maximum absolute atomic E-state index is 13.4. The number of para-hydroxylation sites is 2. The first kappa shape index (κ1) is 22.4. The van der Waals surface area contributed by atoms with E-state index < -0.39 is 26.6 Å². The van der Waals surface area contributed by atoms with E-state index in [1.807, 2.05) is 35.8 Å². The normalized spacial score (nSPS) is 11.5. The van der Waals surface area contributed by atoms with Crippen LogP contribution in [0.5, 0.6) is 0 Å². The number of amides is 1. The summed E-state index contributed by atoms with van der Waals surface area (Å²) in [4.78, 5) is 16.7. The SMILES string of the molecule is CCn1c(CNC(=O)c2ccc(NS(=O)(=O)c3ccc(F)c(F)c3)cc2)nc2ccccc21. The number of anilines is 1. The first-order valence-electron chi connectivity index (χ1n) is 10.1. The molecule has 0 bridgehead atoms. The number of aromatic nitrogens is 2. The minimum atomic E-state index is -4.12. The molecular weight excluding hydrogens is 450 g/mol. The van der Waals surface area contributed by atoms with Crippen LogP contribution in [0.4, 0.5) is 14.5 Å². The summed E-state index contributed by atoms with van der Waals surface area (Å²) in [6, 6.07) is 15.8. The minimum Gasteiger partial charge on any atom is -0.345 e. The van der Waals surface area contributed by atoms with Gasteiger partial charge >= 0.3 is 0 Å². The number of hydrogen-bond acceptors (Lipinski definition) is 4. The number of nitrogens with zero attached hydrogens (tertiary/aromatic N) is 2. The molecule has 0 aliphatic rings. The number of fused-ring (bicyclic) bond motifs is 1. The van der Waals surface area contributed by atoms with Crippen molar-refractivity contribution in [2.45, 2.75) is 24.9 Å².